The third kappa shape index (κ3) is 5.99. The molecule has 3 rings (SSSR count). The molecule has 8 heteroatoms. The van der Waals surface area contributed by atoms with Gasteiger partial charge in [0.1, 0.15) is 17.3 Å². The highest BCUT2D eigenvalue weighted by atomic mass is 31.2. The fraction of sp³-hybridized carbons (Fsp3) is 0.296. The first kappa shape index (κ1) is 26.6. The van der Waals surface area contributed by atoms with Gasteiger partial charge >= 0.3 is 7.60 Å². The highest BCUT2D eigenvalue weighted by Gasteiger charge is 2.23. The molecular weight excluding hydrogens is 470 g/mol. The number of benzene rings is 3. The SMILES string of the molecule is CCc1c(C)c(Cc2ccc(O)cc2C(=O)c2ccc(F)cc2)c(C)c(CC)c1OCP(=O)(O)O. The molecule has 0 unspecified atom stereocenters. The van der Waals surface area contributed by atoms with Crippen molar-refractivity contribution in [1.82, 2.24) is 0 Å². The lowest BCUT2D eigenvalue weighted by molar-refractivity contribution is 0.103. The van der Waals surface area contributed by atoms with E-state index in [1.54, 1.807) is 6.07 Å². The summed E-state index contributed by atoms with van der Waals surface area (Å²) < 4.78 is 30.5. The van der Waals surface area contributed by atoms with Gasteiger partial charge in [-0.1, -0.05) is 19.9 Å². The Hall–Kier alpha value is -2.99. The summed E-state index contributed by atoms with van der Waals surface area (Å²) in [6.45, 7) is 7.78. The standard InChI is InChI=1S/C27H30FO6P/c1-5-22-16(3)24(17(4)23(6-2)27(22)34-15-35(31,32)33)13-19-9-12-21(29)14-25(19)26(30)18-7-10-20(28)11-8-18/h7-12,14,29H,5-6,13,15H2,1-4H3,(H2,31,32,33). The zero-order chi connectivity index (χ0) is 25.9. The van der Waals surface area contributed by atoms with Gasteiger partial charge in [0.2, 0.25) is 0 Å². The number of phenols is 1. The number of rotatable bonds is 9. The summed E-state index contributed by atoms with van der Waals surface area (Å²) in [5.41, 5.74) is 5.91. The molecule has 0 spiro atoms. The van der Waals surface area contributed by atoms with E-state index in [9.17, 15) is 28.6 Å². The van der Waals surface area contributed by atoms with Crippen LogP contribution in [0.3, 0.4) is 0 Å². The van der Waals surface area contributed by atoms with E-state index in [0.29, 0.717) is 41.7 Å². The molecule has 0 aliphatic carbocycles. The van der Waals surface area contributed by atoms with Crippen LogP contribution in [0.15, 0.2) is 42.5 Å². The van der Waals surface area contributed by atoms with Crippen molar-refractivity contribution in [3.63, 3.8) is 0 Å². The summed E-state index contributed by atoms with van der Waals surface area (Å²) >= 11 is 0. The Bertz CT molecular complexity index is 1260. The number of halogens is 1. The molecule has 0 aliphatic rings. The Labute approximate surface area is 204 Å². The number of carbonyl (C=O) groups is 1. The molecule has 0 saturated carbocycles. The average Bonchev–Trinajstić information content (AvgIpc) is 2.80. The quantitative estimate of drug-likeness (QED) is 0.261. The zero-order valence-electron chi connectivity index (χ0n) is 20.3. The lowest BCUT2D eigenvalue weighted by Crippen LogP contribution is -2.12. The number of carbonyl (C=O) groups excluding carboxylic acids is 1. The number of ether oxygens (including phenoxy) is 1. The maximum atomic E-state index is 13.4. The van der Waals surface area contributed by atoms with E-state index in [-0.39, 0.29) is 11.5 Å². The van der Waals surface area contributed by atoms with E-state index in [4.69, 9.17) is 4.74 Å². The molecule has 0 amide bonds. The number of hydrogen-bond acceptors (Lipinski definition) is 4. The molecule has 0 atom stereocenters. The lowest BCUT2D eigenvalue weighted by atomic mass is 9.85. The molecule has 0 bridgehead atoms. The van der Waals surface area contributed by atoms with Gasteiger partial charge in [0, 0.05) is 11.1 Å². The van der Waals surface area contributed by atoms with Gasteiger partial charge in [-0.2, -0.15) is 0 Å². The van der Waals surface area contributed by atoms with E-state index < -0.39 is 19.8 Å². The summed E-state index contributed by atoms with van der Waals surface area (Å²) in [5.74, 6) is -0.300. The van der Waals surface area contributed by atoms with Crippen molar-refractivity contribution >= 4 is 13.4 Å². The molecule has 6 nitrogen and oxygen atoms in total. The van der Waals surface area contributed by atoms with Crippen molar-refractivity contribution in [2.75, 3.05) is 6.35 Å². The second kappa shape index (κ2) is 10.7. The third-order valence-corrected chi connectivity index (χ3v) is 6.72. The van der Waals surface area contributed by atoms with Crippen molar-refractivity contribution in [2.24, 2.45) is 0 Å². The first-order valence-corrected chi connectivity index (χ1v) is 13.2. The Morgan fingerprint density at radius 2 is 1.51 bits per heavy atom. The Kier molecular flexibility index (Phi) is 8.16. The minimum atomic E-state index is -4.35. The Morgan fingerprint density at radius 3 is 2.03 bits per heavy atom. The highest BCUT2D eigenvalue weighted by Crippen LogP contribution is 2.40. The van der Waals surface area contributed by atoms with E-state index in [0.717, 1.165) is 27.8 Å². The van der Waals surface area contributed by atoms with Gasteiger partial charge in [0.15, 0.2) is 12.1 Å². The van der Waals surface area contributed by atoms with Gasteiger partial charge in [-0.15, -0.1) is 0 Å². The first-order chi connectivity index (χ1) is 16.5. The van der Waals surface area contributed by atoms with E-state index in [1.807, 2.05) is 27.7 Å². The molecular formula is C27H30FO6P. The second-order valence-electron chi connectivity index (χ2n) is 8.51. The Morgan fingerprint density at radius 1 is 0.943 bits per heavy atom. The largest absolute Gasteiger partial charge is 0.508 e. The monoisotopic (exact) mass is 500 g/mol. The summed E-state index contributed by atoms with van der Waals surface area (Å²) in [4.78, 5) is 31.9. The molecule has 0 saturated heterocycles. The minimum Gasteiger partial charge on any atom is -0.508 e. The van der Waals surface area contributed by atoms with Gasteiger partial charge < -0.3 is 19.6 Å². The molecule has 3 aromatic carbocycles. The predicted octanol–water partition coefficient (Wildman–Crippen LogP) is 5.61. The maximum absolute atomic E-state index is 13.4. The van der Waals surface area contributed by atoms with Crippen molar-refractivity contribution in [3.05, 3.63) is 92.8 Å². The minimum absolute atomic E-state index is 0.0441. The van der Waals surface area contributed by atoms with Crippen LogP contribution in [-0.4, -0.2) is 27.0 Å². The van der Waals surface area contributed by atoms with E-state index >= 15 is 0 Å². The smallest absolute Gasteiger partial charge is 0.362 e. The van der Waals surface area contributed by atoms with Gasteiger partial charge in [-0.25, -0.2) is 4.39 Å². The number of ketones is 1. The maximum Gasteiger partial charge on any atom is 0.362 e. The summed E-state index contributed by atoms with van der Waals surface area (Å²) in [5, 5.41) is 10.1. The molecule has 0 radical (unpaired) electrons. The van der Waals surface area contributed by atoms with Crippen molar-refractivity contribution in [1.29, 1.82) is 0 Å². The Balaban J connectivity index is 2.11. The number of aromatic hydroxyl groups is 1. The van der Waals surface area contributed by atoms with Gasteiger partial charge in [-0.05, 0) is 103 Å². The molecule has 0 fully saturated rings. The van der Waals surface area contributed by atoms with Crippen LogP contribution >= 0.6 is 7.60 Å². The van der Waals surface area contributed by atoms with E-state index in [1.165, 1.54) is 36.4 Å². The average molecular weight is 501 g/mol. The van der Waals surface area contributed by atoms with Gasteiger partial charge in [0.25, 0.3) is 0 Å². The lowest BCUT2D eigenvalue weighted by Gasteiger charge is -2.24. The molecule has 186 valence electrons. The van der Waals surface area contributed by atoms with Crippen molar-refractivity contribution < 1.29 is 33.4 Å². The van der Waals surface area contributed by atoms with Gasteiger partial charge in [0.05, 0.1) is 0 Å². The predicted molar refractivity (Wildman–Crippen MR) is 133 cm³/mol. The number of phenolic OH excluding ortho intramolecular Hbond substituents is 1. The van der Waals surface area contributed by atoms with Crippen LogP contribution in [0.4, 0.5) is 4.39 Å². The fourth-order valence-electron chi connectivity index (χ4n) is 4.48. The normalized spacial score (nSPS) is 11.5. The van der Waals surface area contributed by atoms with Crippen LogP contribution in [0.25, 0.3) is 0 Å². The molecule has 0 aliphatic heterocycles. The van der Waals surface area contributed by atoms with Crippen LogP contribution in [0.1, 0.15) is 63.1 Å². The molecule has 0 heterocycles. The van der Waals surface area contributed by atoms with Crippen LogP contribution in [0, 0.1) is 19.7 Å². The van der Waals surface area contributed by atoms with Crippen LogP contribution in [-0.2, 0) is 23.8 Å². The molecule has 3 aromatic rings. The topological polar surface area (TPSA) is 104 Å². The molecule has 0 aromatic heterocycles. The summed E-state index contributed by atoms with van der Waals surface area (Å²) in [7, 11) is -4.35. The van der Waals surface area contributed by atoms with Crippen molar-refractivity contribution in [2.45, 2.75) is 47.0 Å². The van der Waals surface area contributed by atoms with Crippen LogP contribution < -0.4 is 4.74 Å². The molecule has 35 heavy (non-hydrogen) atoms. The zero-order valence-corrected chi connectivity index (χ0v) is 21.2. The summed E-state index contributed by atoms with van der Waals surface area (Å²) in [6, 6.07) is 9.94. The van der Waals surface area contributed by atoms with E-state index in [2.05, 4.69) is 0 Å². The second-order valence-corrected chi connectivity index (χ2v) is 10.1. The first-order valence-electron chi connectivity index (χ1n) is 11.4. The highest BCUT2D eigenvalue weighted by molar-refractivity contribution is 7.51. The van der Waals surface area contributed by atoms with Crippen LogP contribution in [0.5, 0.6) is 11.5 Å². The fourth-order valence-corrected chi connectivity index (χ4v) is 4.78. The molecule has 3 N–H and O–H groups in total. The van der Waals surface area contributed by atoms with Crippen LogP contribution in [0.2, 0.25) is 0 Å². The number of hydrogen-bond donors (Lipinski definition) is 3. The summed E-state index contributed by atoms with van der Waals surface area (Å²) in [6.07, 6.45) is 0.900. The van der Waals surface area contributed by atoms with Crippen molar-refractivity contribution in [3.8, 4) is 11.5 Å². The third-order valence-electron chi connectivity index (χ3n) is 6.25. The van der Waals surface area contributed by atoms with Gasteiger partial charge in [-0.3, -0.25) is 9.36 Å².